The zero-order chi connectivity index (χ0) is 17.0. The maximum Gasteiger partial charge on any atom is 0.222 e. The van der Waals surface area contributed by atoms with Crippen molar-refractivity contribution in [2.24, 2.45) is 5.92 Å². The van der Waals surface area contributed by atoms with Gasteiger partial charge < -0.3 is 14.9 Å². The molecule has 0 aliphatic carbocycles. The number of nitrogens with zero attached hydrogens (tertiary/aromatic N) is 2. The zero-order valence-electron chi connectivity index (χ0n) is 13.6. The summed E-state index contributed by atoms with van der Waals surface area (Å²) >= 11 is 0. The van der Waals surface area contributed by atoms with Crippen LogP contribution in [0.5, 0.6) is 0 Å². The molecule has 1 aliphatic rings. The first-order valence-corrected chi connectivity index (χ1v) is 7.93. The van der Waals surface area contributed by atoms with E-state index in [0.717, 1.165) is 38.1 Å². The topological polar surface area (TPSA) is 43.8 Å². The third-order valence-corrected chi connectivity index (χ3v) is 4.43. The Labute approximate surface area is 135 Å². The summed E-state index contributed by atoms with van der Waals surface area (Å²) in [5, 5.41) is 10.1. The molecule has 23 heavy (non-hydrogen) atoms. The monoisotopic (exact) mass is 326 g/mol. The van der Waals surface area contributed by atoms with Gasteiger partial charge in [-0.3, -0.25) is 4.79 Å². The van der Waals surface area contributed by atoms with Gasteiger partial charge in [0.25, 0.3) is 0 Å². The van der Waals surface area contributed by atoms with E-state index in [2.05, 4.69) is 0 Å². The molecule has 2 rings (SSSR count). The Hall–Kier alpha value is -1.53. The third kappa shape index (κ3) is 4.72. The molecular weight excluding hydrogens is 302 g/mol. The fourth-order valence-electron chi connectivity index (χ4n) is 2.97. The molecule has 0 saturated carbocycles. The van der Waals surface area contributed by atoms with E-state index in [1.165, 1.54) is 6.07 Å². The Balaban J connectivity index is 1.85. The molecule has 0 radical (unpaired) electrons. The van der Waals surface area contributed by atoms with Crippen molar-refractivity contribution in [3.05, 3.63) is 35.4 Å². The molecule has 1 heterocycles. The first-order chi connectivity index (χ1) is 10.9. The van der Waals surface area contributed by atoms with E-state index in [0.29, 0.717) is 12.3 Å². The van der Waals surface area contributed by atoms with Crippen molar-refractivity contribution < 1.29 is 18.7 Å². The van der Waals surface area contributed by atoms with Gasteiger partial charge in [0.2, 0.25) is 5.91 Å². The fraction of sp³-hybridized carbons (Fsp3) is 0.588. The summed E-state index contributed by atoms with van der Waals surface area (Å²) < 4.78 is 27.4. The number of hydrogen-bond acceptors (Lipinski definition) is 3. The van der Waals surface area contributed by atoms with Crippen LogP contribution in [0.3, 0.4) is 0 Å². The van der Waals surface area contributed by atoms with Crippen molar-refractivity contribution in [2.75, 3.05) is 33.7 Å². The minimum Gasteiger partial charge on any atom is -0.387 e. The second-order valence-electron chi connectivity index (χ2n) is 6.39. The average Bonchev–Trinajstić information content (AvgIpc) is 2.49. The molecule has 1 aromatic rings. The molecule has 1 aromatic carbocycles. The number of carbonyl (C=O) groups is 1. The van der Waals surface area contributed by atoms with E-state index in [-0.39, 0.29) is 18.0 Å². The van der Waals surface area contributed by atoms with E-state index in [9.17, 15) is 18.7 Å². The van der Waals surface area contributed by atoms with Gasteiger partial charge in [-0.15, -0.1) is 0 Å². The number of aliphatic hydroxyl groups excluding tert-OH is 1. The smallest absolute Gasteiger partial charge is 0.222 e. The van der Waals surface area contributed by atoms with Gasteiger partial charge in [-0.25, -0.2) is 8.78 Å². The number of amides is 1. The molecule has 6 heteroatoms. The lowest BCUT2D eigenvalue weighted by Crippen LogP contribution is -2.38. The molecule has 1 N–H and O–H groups in total. The minimum absolute atomic E-state index is 0.122. The Morgan fingerprint density at radius 2 is 1.87 bits per heavy atom. The summed E-state index contributed by atoms with van der Waals surface area (Å²) in [4.78, 5) is 15.3. The first-order valence-electron chi connectivity index (χ1n) is 7.93. The van der Waals surface area contributed by atoms with Crippen molar-refractivity contribution in [3.63, 3.8) is 0 Å². The number of likely N-dealkylation sites (tertiary alicyclic amines) is 1. The maximum atomic E-state index is 13.7. The molecule has 1 unspecified atom stereocenters. The molecule has 128 valence electrons. The van der Waals surface area contributed by atoms with Crippen LogP contribution in [0.2, 0.25) is 0 Å². The highest BCUT2D eigenvalue weighted by Crippen LogP contribution is 2.25. The van der Waals surface area contributed by atoms with Gasteiger partial charge in [0, 0.05) is 27.1 Å². The molecule has 1 fully saturated rings. The minimum atomic E-state index is -1.18. The molecule has 1 atom stereocenters. The molecule has 0 spiro atoms. The Bertz CT molecular complexity index is 523. The SMILES string of the molecule is CN(C)C(=O)CC1CCN(CC(O)c2c(F)cccc2F)CC1. The molecule has 4 nitrogen and oxygen atoms in total. The highest BCUT2D eigenvalue weighted by atomic mass is 19.1. The van der Waals surface area contributed by atoms with Gasteiger partial charge in [0.05, 0.1) is 11.7 Å². The summed E-state index contributed by atoms with van der Waals surface area (Å²) in [7, 11) is 3.49. The number of β-amino-alcohol motifs (C(OH)–C–C–N with tert-alkyl or cyclic N) is 1. The Morgan fingerprint density at radius 3 is 2.39 bits per heavy atom. The van der Waals surface area contributed by atoms with E-state index in [1.807, 2.05) is 4.90 Å². The molecule has 0 bridgehead atoms. The van der Waals surface area contributed by atoms with Gasteiger partial charge in [-0.1, -0.05) is 6.07 Å². The lowest BCUT2D eigenvalue weighted by molar-refractivity contribution is -0.130. The van der Waals surface area contributed by atoms with E-state index < -0.39 is 17.7 Å². The molecular formula is C17H24F2N2O2. The Kier molecular flexibility index (Phi) is 6.07. The third-order valence-electron chi connectivity index (χ3n) is 4.43. The van der Waals surface area contributed by atoms with Gasteiger partial charge >= 0.3 is 0 Å². The van der Waals surface area contributed by atoms with Crippen LogP contribution in [-0.4, -0.2) is 54.5 Å². The molecule has 1 aliphatic heterocycles. The van der Waals surface area contributed by atoms with Crippen molar-refractivity contribution >= 4 is 5.91 Å². The lowest BCUT2D eigenvalue weighted by atomic mass is 9.92. The van der Waals surface area contributed by atoms with Crippen molar-refractivity contribution in [2.45, 2.75) is 25.4 Å². The number of halogens is 2. The lowest BCUT2D eigenvalue weighted by Gasteiger charge is -2.33. The Morgan fingerprint density at radius 1 is 1.30 bits per heavy atom. The average molecular weight is 326 g/mol. The maximum absolute atomic E-state index is 13.7. The van der Waals surface area contributed by atoms with Crippen molar-refractivity contribution in [1.82, 2.24) is 9.80 Å². The van der Waals surface area contributed by atoms with Crippen LogP contribution in [-0.2, 0) is 4.79 Å². The summed E-state index contributed by atoms with van der Waals surface area (Å²) in [6, 6.07) is 3.59. The summed E-state index contributed by atoms with van der Waals surface area (Å²) in [5.41, 5.74) is -0.266. The number of hydrogen-bond donors (Lipinski definition) is 1. The number of carbonyl (C=O) groups excluding carboxylic acids is 1. The van der Waals surface area contributed by atoms with Gasteiger partial charge in [-0.2, -0.15) is 0 Å². The standard InChI is InChI=1S/C17H24F2N2O2/c1-20(2)16(23)10-12-6-8-21(9-7-12)11-15(22)17-13(18)4-3-5-14(17)19/h3-5,12,15,22H,6-11H2,1-2H3. The van der Waals surface area contributed by atoms with Crippen LogP contribution in [0.25, 0.3) is 0 Å². The first kappa shape index (κ1) is 17.8. The van der Waals surface area contributed by atoms with Crippen LogP contribution >= 0.6 is 0 Å². The van der Waals surface area contributed by atoms with E-state index in [4.69, 9.17) is 0 Å². The van der Waals surface area contributed by atoms with Crippen LogP contribution in [0.4, 0.5) is 8.78 Å². The number of benzene rings is 1. The van der Waals surface area contributed by atoms with Crippen molar-refractivity contribution in [1.29, 1.82) is 0 Å². The fourth-order valence-corrected chi connectivity index (χ4v) is 2.97. The number of piperidine rings is 1. The second kappa shape index (κ2) is 7.84. The normalized spacial score (nSPS) is 18.0. The van der Waals surface area contributed by atoms with Crippen LogP contribution in [0.1, 0.15) is 30.9 Å². The zero-order valence-corrected chi connectivity index (χ0v) is 13.6. The summed E-state index contributed by atoms with van der Waals surface area (Å²) in [6.45, 7) is 1.64. The predicted molar refractivity (Wildman–Crippen MR) is 83.8 cm³/mol. The molecule has 1 amide bonds. The van der Waals surface area contributed by atoms with E-state index >= 15 is 0 Å². The van der Waals surface area contributed by atoms with Crippen LogP contribution < -0.4 is 0 Å². The number of aliphatic hydroxyl groups is 1. The second-order valence-corrected chi connectivity index (χ2v) is 6.39. The highest BCUT2D eigenvalue weighted by molar-refractivity contribution is 5.75. The van der Waals surface area contributed by atoms with E-state index in [1.54, 1.807) is 19.0 Å². The van der Waals surface area contributed by atoms with Crippen LogP contribution in [0.15, 0.2) is 18.2 Å². The predicted octanol–water partition coefficient (Wildman–Crippen LogP) is 2.19. The summed E-state index contributed by atoms with van der Waals surface area (Å²) in [6.07, 6.45) is 1.06. The van der Waals surface area contributed by atoms with Gasteiger partial charge in [0.1, 0.15) is 11.6 Å². The van der Waals surface area contributed by atoms with Crippen molar-refractivity contribution in [3.8, 4) is 0 Å². The molecule has 1 saturated heterocycles. The molecule has 0 aromatic heterocycles. The summed E-state index contributed by atoms with van der Waals surface area (Å²) in [5.74, 6) is -0.978. The quantitative estimate of drug-likeness (QED) is 0.902. The van der Waals surface area contributed by atoms with Crippen LogP contribution in [0, 0.1) is 17.6 Å². The highest BCUT2D eigenvalue weighted by Gasteiger charge is 2.25. The number of rotatable bonds is 5. The van der Waals surface area contributed by atoms with Gasteiger partial charge in [-0.05, 0) is 44.0 Å². The van der Waals surface area contributed by atoms with Gasteiger partial charge in [0.15, 0.2) is 0 Å². The largest absolute Gasteiger partial charge is 0.387 e.